The Morgan fingerprint density at radius 2 is 0.746 bits per heavy atom. The summed E-state index contributed by atoms with van der Waals surface area (Å²) in [7, 11) is -4.28. The Morgan fingerprint density at radius 1 is 0.433 bits per heavy atom. The van der Waals surface area contributed by atoms with E-state index >= 15 is 0 Å². The number of carbonyl (C=O) groups excluding carboxylic acids is 1. The second kappa shape index (κ2) is 56.2. The molecule has 0 aliphatic carbocycles. The molecule has 0 saturated heterocycles. The molecular weight excluding hydrogens is 854 g/mol. The third-order valence-corrected chi connectivity index (χ3v) is 14.4. The number of rotatable bonds is 58. The van der Waals surface area contributed by atoms with Crippen LogP contribution in [-0.4, -0.2) is 49.9 Å². The topological polar surface area (TPSA) is 117 Å². The Morgan fingerprint density at radius 3 is 1.09 bits per heavy atom. The molecule has 67 heavy (non-hydrogen) atoms. The van der Waals surface area contributed by atoms with Crippen LogP contribution in [0.25, 0.3) is 0 Å². The van der Waals surface area contributed by atoms with Gasteiger partial charge in [0.05, 0.1) is 19.8 Å². The molecule has 0 aromatic rings. The molecule has 400 valence electrons. The van der Waals surface area contributed by atoms with Crippen LogP contribution < -0.4 is 5.73 Å². The van der Waals surface area contributed by atoms with Gasteiger partial charge in [-0.3, -0.25) is 13.8 Å². The molecule has 0 aromatic carbocycles. The van der Waals surface area contributed by atoms with Crippen molar-refractivity contribution in [2.75, 3.05) is 33.0 Å². The fourth-order valence-electron chi connectivity index (χ4n) is 9.06. The highest BCUT2D eigenvalue weighted by Crippen LogP contribution is 2.43. The third kappa shape index (κ3) is 56.0. The standard InChI is InChI=1S/C58H116NO7P/c1-3-5-7-9-11-13-15-17-19-21-23-25-27-28-30-32-34-36-38-40-42-44-46-48-50-53-63-55-57(56-65-67(61,62)64-54-52-59)66-58(60)51-49-47-45-43-41-39-37-35-33-31-29-26-24-22-20-18-16-14-12-10-8-6-4-2/h22,24,57H,3-21,23,25-56,59H2,1-2H3,(H,61,62)/b24-22-. The summed E-state index contributed by atoms with van der Waals surface area (Å²) in [6.45, 7) is 5.01. The Bertz CT molecular complexity index is 1040. The van der Waals surface area contributed by atoms with E-state index in [0.29, 0.717) is 13.0 Å². The Balaban J connectivity index is 3.82. The van der Waals surface area contributed by atoms with E-state index in [0.717, 1.165) is 32.1 Å². The molecule has 9 heteroatoms. The Labute approximate surface area is 417 Å². The predicted molar refractivity (Wildman–Crippen MR) is 289 cm³/mol. The fraction of sp³-hybridized carbons (Fsp3) is 0.948. The summed E-state index contributed by atoms with van der Waals surface area (Å²) < 4.78 is 33.7. The van der Waals surface area contributed by atoms with E-state index in [1.165, 1.54) is 263 Å². The second-order valence-electron chi connectivity index (χ2n) is 20.2. The number of hydrogen-bond acceptors (Lipinski definition) is 7. The number of allylic oxidation sites excluding steroid dienone is 2. The van der Waals surface area contributed by atoms with Gasteiger partial charge in [-0.2, -0.15) is 0 Å². The monoisotopic (exact) mass is 970 g/mol. The summed E-state index contributed by atoms with van der Waals surface area (Å²) in [6.07, 6.45) is 65.6. The highest BCUT2D eigenvalue weighted by molar-refractivity contribution is 7.47. The van der Waals surface area contributed by atoms with E-state index in [2.05, 4.69) is 26.0 Å². The number of phosphoric ester groups is 1. The molecule has 0 amide bonds. The molecule has 0 aliphatic heterocycles. The molecular formula is C58H116NO7P. The second-order valence-corrected chi connectivity index (χ2v) is 21.7. The molecule has 0 aromatic heterocycles. The lowest BCUT2D eigenvalue weighted by Gasteiger charge is -2.20. The maximum atomic E-state index is 12.7. The lowest BCUT2D eigenvalue weighted by Crippen LogP contribution is -2.28. The van der Waals surface area contributed by atoms with Gasteiger partial charge in [-0.25, -0.2) is 4.57 Å². The minimum Gasteiger partial charge on any atom is -0.457 e. The summed E-state index contributed by atoms with van der Waals surface area (Å²) in [4.78, 5) is 22.7. The van der Waals surface area contributed by atoms with E-state index in [4.69, 9.17) is 24.3 Å². The van der Waals surface area contributed by atoms with Crippen molar-refractivity contribution in [1.82, 2.24) is 0 Å². The molecule has 0 saturated carbocycles. The fourth-order valence-corrected chi connectivity index (χ4v) is 9.82. The zero-order valence-corrected chi connectivity index (χ0v) is 45.8. The summed E-state index contributed by atoms with van der Waals surface area (Å²) in [5.74, 6) is -0.322. The van der Waals surface area contributed by atoms with Crippen molar-refractivity contribution in [3.8, 4) is 0 Å². The van der Waals surface area contributed by atoms with Gasteiger partial charge in [0.1, 0.15) is 6.10 Å². The predicted octanol–water partition coefficient (Wildman–Crippen LogP) is 18.9. The quantitative estimate of drug-likeness (QED) is 0.0268. The van der Waals surface area contributed by atoms with E-state index < -0.39 is 13.9 Å². The lowest BCUT2D eigenvalue weighted by atomic mass is 10.0. The van der Waals surface area contributed by atoms with Crippen LogP contribution in [0.4, 0.5) is 0 Å². The van der Waals surface area contributed by atoms with Crippen LogP contribution >= 0.6 is 7.82 Å². The normalized spacial score (nSPS) is 13.2. The Kier molecular flexibility index (Phi) is 55.5. The molecule has 0 aliphatic rings. The van der Waals surface area contributed by atoms with Gasteiger partial charge in [0.25, 0.3) is 0 Å². The van der Waals surface area contributed by atoms with Gasteiger partial charge in [0.15, 0.2) is 0 Å². The van der Waals surface area contributed by atoms with Crippen molar-refractivity contribution in [3.05, 3.63) is 12.2 Å². The minimum absolute atomic E-state index is 0.0914. The van der Waals surface area contributed by atoms with Crippen LogP contribution in [0.1, 0.15) is 316 Å². The Hall–Kier alpha value is -0.760. The molecule has 3 N–H and O–H groups in total. The van der Waals surface area contributed by atoms with Crippen LogP contribution in [0.5, 0.6) is 0 Å². The smallest absolute Gasteiger partial charge is 0.457 e. The van der Waals surface area contributed by atoms with E-state index in [1.807, 2.05) is 0 Å². The minimum atomic E-state index is -4.28. The SMILES string of the molecule is CCCCCCCCCC/C=C\CCCCCCCCCCCCCC(=O)OC(COCCCCCCCCCCCCCCCCCCCCCCCCCCC)COP(=O)(O)OCCN. The first-order chi connectivity index (χ1) is 32.9. The van der Waals surface area contributed by atoms with Gasteiger partial charge in [0, 0.05) is 19.6 Å². The lowest BCUT2D eigenvalue weighted by molar-refractivity contribution is -0.154. The average Bonchev–Trinajstić information content (AvgIpc) is 3.32. The van der Waals surface area contributed by atoms with Crippen LogP contribution in [0.2, 0.25) is 0 Å². The van der Waals surface area contributed by atoms with E-state index in [-0.39, 0.29) is 32.3 Å². The molecule has 0 rings (SSSR count). The number of carbonyl (C=O) groups is 1. The van der Waals surface area contributed by atoms with Crippen molar-refractivity contribution >= 4 is 13.8 Å². The maximum Gasteiger partial charge on any atom is 0.472 e. The van der Waals surface area contributed by atoms with Crippen molar-refractivity contribution in [3.63, 3.8) is 0 Å². The first-order valence-corrected chi connectivity index (χ1v) is 31.2. The molecule has 0 radical (unpaired) electrons. The van der Waals surface area contributed by atoms with Crippen LogP contribution in [-0.2, 0) is 27.9 Å². The van der Waals surface area contributed by atoms with Gasteiger partial charge in [-0.15, -0.1) is 0 Å². The summed E-state index contributed by atoms with van der Waals surface area (Å²) in [6, 6.07) is 0. The number of hydrogen-bond donors (Lipinski definition) is 2. The summed E-state index contributed by atoms with van der Waals surface area (Å²) in [5, 5.41) is 0. The molecule has 2 unspecified atom stereocenters. The number of esters is 1. The van der Waals surface area contributed by atoms with Crippen molar-refractivity contribution in [1.29, 1.82) is 0 Å². The first kappa shape index (κ1) is 66.2. The van der Waals surface area contributed by atoms with Gasteiger partial charge in [-0.05, 0) is 38.5 Å². The number of nitrogens with two attached hydrogens (primary N) is 1. The van der Waals surface area contributed by atoms with Crippen molar-refractivity contribution in [2.24, 2.45) is 5.73 Å². The highest BCUT2D eigenvalue weighted by Gasteiger charge is 2.25. The molecule has 2 atom stereocenters. The van der Waals surface area contributed by atoms with Crippen LogP contribution in [0, 0.1) is 0 Å². The average molecular weight is 971 g/mol. The molecule has 0 fully saturated rings. The maximum absolute atomic E-state index is 12.7. The number of phosphoric acid groups is 1. The third-order valence-electron chi connectivity index (χ3n) is 13.4. The van der Waals surface area contributed by atoms with Gasteiger partial charge >= 0.3 is 13.8 Å². The molecule has 0 heterocycles. The largest absolute Gasteiger partial charge is 0.472 e. The van der Waals surface area contributed by atoms with Gasteiger partial charge in [-0.1, -0.05) is 283 Å². The molecule has 0 bridgehead atoms. The van der Waals surface area contributed by atoms with Gasteiger partial charge < -0.3 is 20.1 Å². The highest BCUT2D eigenvalue weighted by atomic mass is 31.2. The summed E-state index contributed by atoms with van der Waals surface area (Å²) >= 11 is 0. The van der Waals surface area contributed by atoms with E-state index in [9.17, 15) is 14.3 Å². The van der Waals surface area contributed by atoms with Crippen molar-refractivity contribution in [2.45, 2.75) is 322 Å². The number of unbranched alkanes of at least 4 members (excludes halogenated alkanes) is 43. The first-order valence-electron chi connectivity index (χ1n) is 29.7. The van der Waals surface area contributed by atoms with Gasteiger partial charge in [0.2, 0.25) is 0 Å². The van der Waals surface area contributed by atoms with Crippen LogP contribution in [0.3, 0.4) is 0 Å². The zero-order valence-electron chi connectivity index (χ0n) is 44.9. The van der Waals surface area contributed by atoms with E-state index in [1.54, 1.807) is 0 Å². The summed E-state index contributed by atoms with van der Waals surface area (Å²) in [5.41, 5.74) is 5.41. The molecule has 8 nitrogen and oxygen atoms in total. The zero-order chi connectivity index (χ0) is 48.7. The van der Waals surface area contributed by atoms with Crippen molar-refractivity contribution < 1.29 is 32.8 Å². The van der Waals surface area contributed by atoms with Crippen LogP contribution in [0.15, 0.2) is 12.2 Å². The number of ether oxygens (including phenoxy) is 2. The molecule has 0 spiro atoms.